The number of imidazole rings is 1. The summed E-state index contributed by atoms with van der Waals surface area (Å²) < 4.78 is 2.41. The van der Waals surface area contributed by atoms with E-state index in [-0.39, 0.29) is 0 Å². The Kier molecular flexibility index (Phi) is 2.82. The van der Waals surface area contributed by atoms with Crippen LogP contribution in [-0.4, -0.2) is 9.55 Å². The van der Waals surface area contributed by atoms with E-state index < -0.39 is 0 Å². The van der Waals surface area contributed by atoms with Crippen LogP contribution in [0.2, 0.25) is 0 Å². The van der Waals surface area contributed by atoms with E-state index >= 15 is 0 Å². The van der Waals surface area contributed by atoms with Crippen molar-refractivity contribution in [2.45, 2.75) is 45.6 Å². The summed E-state index contributed by atoms with van der Waals surface area (Å²) in [6.45, 7) is 5.53. The average Bonchev–Trinajstić information content (AvgIpc) is 2.93. The molecular weight excluding hydrogens is 258 g/mol. The van der Waals surface area contributed by atoms with Gasteiger partial charge in [-0.05, 0) is 55.2 Å². The molecule has 1 aromatic heterocycles. The molecule has 2 fully saturated rings. The maximum absolute atomic E-state index is 9.09. The second kappa shape index (κ2) is 4.59. The fourth-order valence-electron chi connectivity index (χ4n) is 4.01. The zero-order valence-corrected chi connectivity index (χ0v) is 12.7. The summed E-state index contributed by atoms with van der Waals surface area (Å²) in [6.07, 6.45) is 4.08. The maximum Gasteiger partial charge on any atom is 0.113 e. The molecule has 2 atom stereocenters. The lowest BCUT2D eigenvalue weighted by atomic mass is 10.0. The largest absolute Gasteiger partial charge is 0.327 e. The molecule has 0 radical (unpaired) electrons. The van der Waals surface area contributed by atoms with Gasteiger partial charge in [-0.2, -0.15) is 5.26 Å². The predicted molar refractivity (Wildman–Crippen MR) is 82.9 cm³/mol. The molecule has 0 aliphatic heterocycles. The average molecular weight is 279 g/mol. The standard InChI is InChI=1S/C18H21N3/c1-11(2)10-21-17-4-3-12(9-19)5-16(17)20-18(21)15-7-13-6-14(13)8-15/h3-5,11,13-15H,6-8,10H2,1-2H3. The summed E-state index contributed by atoms with van der Waals surface area (Å²) in [7, 11) is 0. The highest BCUT2D eigenvalue weighted by atomic mass is 15.1. The fraction of sp³-hybridized carbons (Fsp3) is 0.556. The Hall–Kier alpha value is -1.82. The van der Waals surface area contributed by atoms with Gasteiger partial charge in [0.2, 0.25) is 0 Å². The van der Waals surface area contributed by atoms with E-state index in [9.17, 15) is 0 Å². The van der Waals surface area contributed by atoms with Gasteiger partial charge in [0.1, 0.15) is 5.82 Å². The van der Waals surface area contributed by atoms with Gasteiger partial charge >= 0.3 is 0 Å². The summed E-state index contributed by atoms with van der Waals surface area (Å²) in [5.74, 6) is 4.44. The molecule has 108 valence electrons. The van der Waals surface area contributed by atoms with Gasteiger partial charge < -0.3 is 4.57 Å². The van der Waals surface area contributed by atoms with Crippen LogP contribution < -0.4 is 0 Å². The molecule has 1 heterocycles. The molecule has 2 aliphatic rings. The third-order valence-electron chi connectivity index (χ3n) is 5.06. The topological polar surface area (TPSA) is 41.6 Å². The molecule has 4 rings (SSSR count). The maximum atomic E-state index is 9.09. The highest BCUT2D eigenvalue weighted by molar-refractivity contribution is 5.78. The number of rotatable bonds is 3. The van der Waals surface area contributed by atoms with Crippen LogP contribution in [-0.2, 0) is 6.54 Å². The lowest BCUT2D eigenvalue weighted by Crippen LogP contribution is -2.11. The van der Waals surface area contributed by atoms with Crippen molar-refractivity contribution in [2.24, 2.45) is 17.8 Å². The van der Waals surface area contributed by atoms with Crippen molar-refractivity contribution in [2.75, 3.05) is 0 Å². The molecule has 3 nitrogen and oxygen atoms in total. The third kappa shape index (κ3) is 2.14. The van der Waals surface area contributed by atoms with Crippen LogP contribution in [0.25, 0.3) is 11.0 Å². The van der Waals surface area contributed by atoms with Crippen molar-refractivity contribution in [3.05, 3.63) is 29.6 Å². The predicted octanol–water partition coefficient (Wildman–Crippen LogP) is 4.08. The van der Waals surface area contributed by atoms with E-state index in [2.05, 4.69) is 30.6 Å². The van der Waals surface area contributed by atoms with Crippen LogP contribution >= 0.6 is 0 Å². The van der Waals surface area contributed by atoms with Gasteiger partial charge in [0.25, 0.3) is 0 Å². The van der Waals surface area contributed by atoms with E-state index in [4.69, 9.17) is 10.2 Å². The molecule has 21 heavy (non-hydrogen) atoms. The van der Waals surface area contributed by atoms with Gasteiger partial charge in [0.05, 0.1) is 22.7 Å². The van der Waals surface area contributed by atoms with Crippen molar-refractivity contribution >= 4 is 11.0 Å². The highest BCUT2D eigenvalue weighted by Crippen LogP contribution is 2.57. The van der Waals surface area contributed by atoms with Crippen LogP contribution in [0.4, 0.5) is 0 Å². The second-order valence-electron chi connectivity index (χ2n) is 7.21. The van der Waals surface area contributed by atoms with Crippen LogP contribution in [0.5, 0.6) is 0 Å². The molecule has 2 saturated carbocycles. The van der Waals surface area contributed by atoms with E-state index in [0.29, 0.717) is 17.4 Å². The lowest BCUT2D eigenvalue weighted by Gasteiger charge is -2.16. The number of aromatic nitrogens is 2. The number of benzene rings is 1. The number of hydrogen-bond donors (Lipinski definition) is 0. The molecule has 1 aromatic carbocycles. The summed E-state index contributed by atoms with van der Waals surface area (Å²) in [5.41, 5.74) is 2.89. The van der Waals surface area contributed by atoms with E-state index in [0.717, 1.165) is 23.9 Å². The molecule has 3 heteroatoms. The van der Waals surface area contributed by atoms with Gasteiger partial charge in [-0.1, -0.05) is 13.8 Å². The smallest absolute Gasteiger partial charge is 0.113 e. The molecule has 0 saturated heterocycles. The Balaban J connectivity index is 1.81. The second-order valence-corrected chi connectivity index (χ2v) is 7.21. The first-order valence-electron chi connectivity index (χ1n) is 8.06. The minimum absolute atomic E-state index is 0.604. The minimum Gasteiger partial charge on any atom is -0.327 e. The van der Waals surface area contributed by atoms with Crippen LogP contribution in [0.3, 0.4) is 0 Å². The number of hydrogen-bond acceptors (Lipinski definition) is 2. The molecule has 0 spiro atoms. The van der Waals surface area contributed by atoms with Gasteiger partial charge in [0, 0.05) is 12.5 Å². The first kappa shape index (κ1) is 12.9. The summed E-state index contributed by atoms with van der Waals surface area (Å²) in [4.78, 5) is 4.92. The fourth-order valence-corrected chi connectivity index (χ4v) is 4.01. The van der Waals surface area contributed by atoms with Crippen molar-refractivity contribution in [1.29, 1.82) is 5.26 Å². The molecule has 2 aromatic rings. The summed E-state index contributed by atoms with van der Waals surface area (Å²) >= 11 is 0. The molecule has 0 amide bonds. The Labute approximate surface area is 125 Å². The monoisotopic (exact) mass is 279 g/mol. The van der Waals surface area contributed by atoms with E-state index in [1.807, 2.05) is 12.1 Å². The van der Waals surface area contributed by atoms with Crippen LogP contribution in [0.1, 0.15) is 50.4 Å². The van der Waals surface area contributed by atoms with Gasteiger partial charge in [-0.25, -0.2) is 4.98 Å². The van der Waals surface area contributed by atoms with E-state index in [1.165, 1.54) is 30.6 Å². The normalized spacial score (nSPS) is 27.0. The lowest BCUT2D eigenvalue weighted by molar-refractivity contribution is 0.484. The highest BCUT2D eigenvalue weighted by Gasteiger charge is 2.47. The number of fused-ring (bicyclic) bond motifs is 2. The van der Waals surface area contributed by atoms with Gasteiger partial charge in [0.15, 0.2) is 0 Å². The van der Waals surface area contributed by atoms with Crippen LogP contribution in [0, 0.1) is 29.1 Å². The third-order valence-corrected chi connectivity index (χ3v) is 5.06. The molecule has 2 unspecified atom stereocenters. The van der Waals surface area contributed by atoms with Crippen molar-refractivity contribution in [1.82, 2.24) is 9.55 Å². The van der Waals surface area contributed by atoms with Crippen molar-refractivity contribution in [3.63, 3.8) is 0 Å². The van der Waals surface area contributed by atoms with Crippen molar-refractivity contribution in [3.8, 4) is 6.07 Å². The quantitative estimate of drug-likeness (QED) is 0.849. The minimum atomic E-state index is 0.604. The van der Waals surface area contributed by atoms with Crippen molar-refractivity contribution < 1.29 is 0 Å². The van der Waals surface area contributed by atoms with Gasteiger partial charge in [-0.15, -0.1) is 0 Å². The van der Waals surface area contributed by atoms with Gasteiger partial charge in [-0.3, -0.25) is 0 Å². The SMILES string of the molecule is CC(C)Cn1c(C2CC3CC3C2)nc2cc(C#N)ccc21. The number of nitrogens with zero attached hydrogens (tertiary/aromatic N) is 3. The molecule has 2 aliphatic carbocycles. The Bertz CT molecular complexity index is 725. The zero-order chi connectivity index (χ0) is 14.6. The summed E-state index contributed by atoms with van der Waals surface area (Å²) in [5, 5.41) is 9.09. The Morgan fingerprint density at radius 3 is 2.71 bits per heavy atom. The zero-order valence-electron chi connectivity index (χ0n) is 12.7. The summed E-state index contributed by atoms with van der Waals surface area (Å²) in [6, 6.07) is 8.14. The molecule has 0 N–H and O–H groups in total. The molecular formula is C18H21N3. The van der Waals surface area contributed by atoms with Crippen LogP contribution in [0.15, 0.2) is 18.2 Å². The Morgan fingerprint density at radius 1 is 1.29 bits per heavy atom. The molecule has 0 bridgehead atoms. The van der Waals surface area contributed by atoms with E-state index in [1.54, 1.807) is 0 Å². The first-order valence-corrected chi connectivity index (χ1v) is 8.06. The Morgan fingerprint density at radius 2 is 2.05 bits per heavy atom. The number of nitriles is 1. The first-order chi connectivity index (χ1) is 10.2.